The van der Waals surface area contributed by atoms with Gasteiger partial charge >= 0.3 is 5.97 Å². The van der Waals surface area contributed by atoms with Crippen molar-refractivity contribution in [2.45, 2.75) is 31.6 Å². The van der Waals surface area contributed by atoms with Gasteiger partial charge in [-0.25, -0.2) is 8.78 Å². The highest BCUT2D eigenvalue weighted by molar-refractivity contribution is 5.67. The first-order valence-electron chi connectivity index (χ1n) is 3.62. The van der Waals surface area contributed by atoms with E-state index in [1.165, 1.54) is 0 Å². The average molecular weight is 164 g/mol. The highest BCUT2D eigenvalue weighted by Gasteiger charge is 2.44. The Kier molecular flexibility index (Phi) is 2.11. The van der Waals surface area contributed by atoms with Gasteiger partial charge in [-0.3, -0.25) is 4.79 Å². The summed E-state index contributed by atoms with van der Waals surface area (Å²) >= 11 is 0. The number of carboxylic acids is 1. The van der Waals surface area contributed by atoms with Crippen molar-refractivity contribution in [3.05, 3.63) is 0 Å². The van der Waals surface area contributed by atoms with Crippen LogP contribution in [0.2, 0.25) is 0 Å². The molecule has 0 spiro atoms. The summed E-state index contributed by atoms with van der Waals surface area (Å²) in [6, 6.07) is 0. The molecule has 1 aliphatic rings. The van der Waals surface area contributed by atoms with Gasteiger partial charge in [-0.1, -0.05) is 6.42 Å². The zero-order valence-corrected chi connectivity index (χ0v) is 6.02. The number of hydrogen-bond acceptors (Lipinski definition) is 1. The lowest BCUT2D eigenvalue weighted by Crippen LogP contribution is -2.35. The lowest BCUT2D eigenvalue weighted by molar-refractivity contribution is -0.153. The van der Waals surface area contributed by atoms with Crippen molar-refractivity contribution in [1.82, 2.24) is 0 Å². The molecule has 1 saturated carbocycles. The number of halogens is 2. The number of alkyl halides is 2. The molecule has 1 aliphatic carbocycles. The van der Waals surface area contributed by atoms with Crippen LogP contribution in [0.5, 0.6) is 0 Å². The van der Waals surface area contributed by atoms with Crippen molar-refractivity contribution in [3.63, 3.8) is 0 Å². The minimum Gasteiger partial charge on any atom is -0.481 e. The van der Waals surface area contributed by atoms with Gasteiger partial charge in [0.1, 0.15) is 6.42 Å². The van der Waals surface area contributed by atoms with Crippen molar-refractivity contribution in [1.29, 1.82) is 0 Å². The Morgan fingerprint density at radius 1 is 1.55 bits per heavy atom. The predicted molar refractivity (Wildman–Crippen MR) is 34.5 cm³/mol. The molecule has 0 aromatic heterocycles. The van der Waals surface area contributed by atoms with Crippen LogP contribution >= 0.6 is 0 Å². The van der Waals surface area contributed by atoms with E-state index in [0.29, 0.717) is 12.8 Å². The first-order valence-corrected chi connectivity index (χ1v) is 3.62. The number of hydrogen-bond donors (Lipinski definition) is 1. The molecule has 0 heterocycles. The number of rotatable bonds is 3. The van der Waals surface area contributed by atoms with E-state index in [0.717, 1.165) is 6.42 Å². The Morgan fingerprint density at radius 3 is 2.36 bits per heavy atom. The zero-order chi connectivity index (χ0) is 8.48. The van der Waals surface area contributed by atoms with E-state index in [1.54, 1.807) is 0 Å². The minimum atomic E-state index is -2.98. The lowest BCUT2D eigenvalue weighted by atomic mass is 9.79. The molecule has 0 radical (unpaired) electrons. The summed E-state index contributed by atoms with van der Waals surface area (Å²) in [4.78, 5) is 9.98. The van der Waals surface area contributed by atoms with Crippen molar-refractivity contribution >= 4 is 5.97 Å². The first-order chi connectivity index (χ1) is 5.02. The van der Waals surface area contributed by atoms with E-state index < -0.39 is 24.2 Å². The molecule has 0 bridgehead atoms. The van der Waals surface area contributed by atoms with Crippen LogP contribution in [0.4, 0.5) is 8.78 Å². The van der Waals surface area contributed by atoms with Gasteiger partial charge in [-0.2, -0.15) is 0 Å². The molecule has 2 nitrogen and oxygen atoms in total. The first kappa shape index (κ1) is 8.43. The number of carbonyl (C=O) groups is 1. The molecule has 11 heavy (non-hydrogen) atoms. The predicted octanol–water partition coefficient (Wildman–Crippen LogP) is 1.90. The third kappa shape index (κ3) is 1.88. The highest BCUT2D eigenvalue weighted by atomic mass is 19.3. The molecule has 0 aromatic carbocycles. The van der Waals surface area contributed by atoms with Crippen LogP contribution in [-0.4, -0.2) is 17.0 Å². The fraction of sp³-hybridized carbons (Fsp3) is 0.857. The maximum atomic E-state index is 12.7. The van der Waals surface area contributed by atoms with E-state index in [1.807, 2.05) is 0 Å². The monoisotopic (exact) mass is 164 g/mol. The van der Waals surface area contributed by atoms with Crippen molar-refractivity contribution in [2.24, 2.45) is 5.92 Å². The molecular weight excluding hydrogens is 154 g/mol. The third-order valence-electron chi connectivity index (χ3n) is 2.09. The molecule has 1 fully saturated rings. The normalized spacial score (nSPS) is 19.5. The van der Waals surface area contributed by atoms with Crippen molar-refractivity contribution < 1.29 is 18.7 Å². The summed E-state index contributed by atoms with van der Waals surface area (Å²) in [6.45, 7) is 0. The van der Waals surface area contributed by atoms with Crippen molar-refractivity contribution in [2.75, 3.05) is 0 Å². The van der Waals surface area contributed by atoms with E-state index in [2.05, 4.69) is 0 Å². The molecule has 0 aromatic rings. The second-order valence-corrected chi connectivity index (χ2v) is 2.96. The van der Waals surface area contributed by atoms with Gasteiger partial charge in [-0.05, 0) is 12.8 Å². The Hall–Kier alpha value is -0.670. The molecule has 0 unspecified atom stereocenters. The largest absolute Gasteiger partial charge is 0.481 e. The SMILES string of the molecule is O=C(O)CC(F)(F)C1CCC1. The summed E-state index contributed by atoms with van der Waals surface area (Å²) in [6.07, 6.45) is 0.734. The third-order valence-corrected chi connectivity index (χ3v) is 2.09. The maximum Gasteiger partial charge on any atom is 0.309 e. The second-order valence-electron chi connectivity index (χ2n) is 2.96. The van der Waals surface area contributed by atoms with Crippen LogP contribution in [-0.2, 0) is 4.79 Å². The van der Waals surface area contributed by atoms with E-state index >= 15 is 0 Å². The fourth-order valence-corrected chi connectivity index (χ4v) is 1.18. The molecule has 1 N–H and O–H groups in total. The minimum absolute atomic E-state index is 0.472. The molecular formula is C7H10F2O2. The summed E-state index contributed by atoms with van der Waals surface area (Å²) in [5.74, 6) is -5.08. The molecule has 0 atom stereocenters. The summed E-state index contributed by atoms with van der Waals surface area (Å²) < 4.78 is 25.5. The van der Waals surface area contributed by atoms with Crippen LogP contribution in [0.1, 0.15) is 25.7 Å². The molecule has 0 aliphatic heterocycles. The van der Waals surface area contributed by atoms with E-state index in [4.69, 9.17) is 5.11 Å². The zero-order valence-electron chi connectivity index (χ0n) is 6.02. The Morgan fingerprint density at radius 2 is 2.09 bits per heavy atom. The maximum absolute atomic E-state index is 12.7. The van der Waals surface area contributed by atoms with Crippen LogP contribution in [0, 0.1) is 5.92 Å². The van der Waals surface area contributed by atoms with Gasteiger partial charge in [0.2, 0.25) is 0 Å². The van der Waals surface area contributed by atoms with Crippen LogP contribution < -0.4 is 0 Å². The summed E-state index contributed by atoms with van der Waals surface area (Å²) in [7, 11) is 0. The van der Waals surface area contributed by atoms with E-state index in [9.17, 15) is 13.6 Å². The molecule has 1 rings (SSSR count). The highest BCUT2D eigenvalue weighted by Crippen LogP contribution is 2.41. The van der Waals surface area contributed by atoms with Gasteiger partial charge in [0.05, 0.1) is 0 Å². The van der Waals surface area contributed by atoms with Crippen molar-refractivity contribution in [3.8, 4) is 0 Å². The molecule has 4 heteroatoms. The second kappa shape index (κ2) is 2.75. The number of carboxylic acid groups (broad SMARTS) is 1. The smallest absolute Gasteiger partial charge is 0.309 e. The molecule has 0 saturated heterocycles. The van der Waals surface area contributed by atoms with Crippen LogP contribution in [0.3, 0.4) is 0 Å². The van der Waals surface area contributed by atoms with Gasteiger partial charge in [0.15, 0.2) is 0 Å². The quantitative estimate of drug-likeness (QED) is 0.691. The van der Waals surface area contributed by atoms with Gasteiger partial charge in [-0.15, -0.1) is 0 Å². The lowest BCUT2D eigenvalue weighted by Gasteiger charge is -2.32. The Bertz CT molecular complexity index is 164. The van der Waals surface area contributed by atoms with Gasteiger partial charge < -0.3 is 5.11 Å². The summed E-state index contributed by atoms with van der Waals surface area (Å²) in [5.41, 5.74) is 0. The standard InChI is InChI=1S/C7H10F2O2/c8-7(9,4-6(10)11)5-2-1-3-5/h5H,1-4H2,(H,10,11). The fourth-order valence-electron chi connectivity index (χ4n) is 1.18. The van der Waals surface area contributed by atoms with E-state index in [-0.39, 0.29) is 0 Å². The van der Waals surface area contributed by atoms with Gasteiger partial charge in [0, 0.05) is 5.92 Å². The van der Waals surface area contributed by atoms with Crippen LogP contribution in [0.15, 0.2) is 0 Å². The Balaban J connectivity index is 2.43. The van der Waals surface area contributed by atoms with Crippen LogP contribution in [0.25, 0.3) is 0 Å². The topological polar surface area (TPSA) is 37.3 Å². The number of aliphatic carboxylic acids is 1. The molecule has 64 valence electrons. The average Bonchev–Trinajstić information content (AvgIpc) is 1.50. The Labute approximate surface area is 63.2 Å². The summed E-state index contributed by atoms with van der Waals surface area (Å²) in [5, 5.41) is 8.14. The van der Waals surface area contributed by atoms with Gasteiger partial charge in [0.25, 0.3) is 5.92 Å². The molecule has 0 amide bonds.